The lowest BCUT2D eigenvalue weighted by molar-refractivity contribution is -0.132. The monoisotopic (exact) mass is 168 g/mol. The lowest BCUT2D eigenvalue weighted by Crippen LogP contribution is -1.99. The third-order valence-electron chi connectivity index (χ3n) is 1.61. The second kappa shape index (κ2) is 6.65. The molecule has 0 spiro atoms. The quantitative estimate of drug-likeness (QED) is 0.506. The number of allylic oxidation sites excluding steroid dienone is 3. The minimum Gasteiger partial charge on any atom is -0.478 e. The molecular formula is C10H16O2. The van der Waals surface area contributed by atoms with Crippen LogP contribution in [0.3, 0.4) is 0 Å². The molecule has 2 nitrogen and oxygen atoms in total. The molecule has 0 aliphatic rings. The Labute approximate surface area is 73.6 Å². The summed E-state index contributed by atoms with van der Waals surface area (Å²) in [5.41, 5.74) is 0.496. The summed E-state index contributed by atoms with van der Waals surface area (Å²) in [7, 11) is 0. The fourth-order valence-corrected chi connectivity index (χ4v) is 0.898. The van der Waals surface area contributed by atoms with E-state index < -0.39 is 5.97 Å². The maximum atomic E-state index is 10.5. The SMILES string of the molecule is C/C=C(\CCC=CCC)C(=O)O. The van der Waals surface area contributed by atoms with Gasteiger partial charge in [0.2, 0.25) is 0 Å². The van der Waals surface area contributed by atoms with Crippen molar-refractivity contribution in [3.05, 3.63) is 23.8 Å². The number of aliphatic carboxylic acids is 1. The van der Waals surface area contributed by atoms with E-state index in [2.05, 4.69) is 13.0 Å². The molecule has 0 rings (SSSR count). The number of carboxylic acids is 1. The van der Waals surface area contributed by atoms with Crippen molar-refractivity contribution in [2.24, 2.45) is 0 Å². The first kappa shape index (κ1) is 11.0. The van der Waals surface area contributed by atoms with Crippen molar-refractivity contribution in [2.75, 3.05) is 0 Å². The molecule has 2 heteroatoms. The molecule has 0 heterocycles. The Kier molecular flexibility index (Phi) is 6.07. The fourth-order valence-electron chi connectivity index (χ4n) is 0.898. The van der Waals surface area contributed by atoms with Gasteiger partial charge in [0.05, 0.1) is 0 Å². The van der Waals surface area contributed by atoms with Gasteiger partial charge in [0, 0.05) is 5.57 Å². The number of hydrogen-bond acceptors (Lipinski definition) is 1. The van der Waals surface area contributed by atoms with Crippen LogP contribution in [0.4, 0.5) is 0 Å². The first-order chi connectivity index (χ1) is 5.72. The van der Waals surface area contributed by atoms with Gasteiger partial charge < -0.3 is 5.11 Å². The zero-order chi connectivity index (χ0) is 9.40. The summed E-state index contributed by atoms with van der Waals surface area (Å²) in [4.78, 5) is 10.5. The number of carbonyl (C=O) groups is 1. The van der Waals surface area contributed by atoms with E-state index in [4.69, 9.17) is 5.11 Å². The van der Waals surface area contributed by atoms with Gasteiger partial charge in [-0.2, -0.15) is 0 Å². The van der Waals surface area contributed by atoms with Gasteiger partial charge in [0.1, 0.15) is 0 Å². The summed E-state index contributed by atoms with van der Waals surface area (Å²) in [5.74, 6) is -0.803. The van der Waals surface area contributed by atoms with Crippen LogP contribution >= 0.6 is 0 Å². The maximum Gasteiger partial charge on any atom is 0.331 e. The predicted octanol–water partition coefficient (Wildman–Crippen LogP) is 2.76. The minimum atomic E-state index is -0.803. The van der Waals surface area contributed by atoms with E-state index in [1.165, 1.54) is 0 Å². The van der Waals surface area contributed by atoms with Crippen LogP contribution in [0.2, 0.25) is 0 Å². The summed E-state index contributed by atoms with van der Waals surface area (Å²) in [6.07, 6.45) is 8.18. The van der Waals surface area contributed by atoms with Crippen molar-refractivity contribution in [2.45, 2.75) is 33.1 Å². The Morgan fingerprint density at radius 2 is 2.08 bits per heavy atom. The van der Waals surface area contributed by atoms with Crippen LogP contribution in [0.1, 0.15) is 33.1 Å². The molecule has 0 radical (unpaired) electrons. The first-order valence-corrected chi connectivity index (χ1v) is 4.25. The zero-order valence-electron chi connectivity index (χ0n) is 7.71. The summed E-state index contributed by atoms with van der Waals surface area (Å²) in [5, 5.41) is 8.64. The third kappa shape index (κ3) is 4.72. The molecule has 0 aliphatic heterocycles. The molecule has 0 unspecified atom stereocenters. The average molecular weight is 168 g/mol. The Bertz CT molecular complexity index is 190. The standard InChI is InChI=1S/C10H16O2/c1-3-5-6-7-8-9(4-2)10(11)12/h4-6H,3,7-8H2,1-2H3,(H,11,12)/b6-5?,9-4+. The maximum absolute atomic E-state index is 10.5. The molecular weight excluding hydrogens is 152 g/mol. The van der Waals surface area contributed by atoms with Gasteiger partial charge in [0.25, 0.3) is 0 Å². The van der Waals surface area contributed by atoms with Crippen LogP contribution < -0.4 is 0 Å². The Morgan fingerprint density at radius 3 is 2.50 bits per heavy atom. The second-order valence-corrected chi connectivity index (χ2v) is 2.54. The van der Waals surface area contributed by atoms with Gasteiger partial charge in [-0.15, -0.1) is 0 Å². The van der Waals surface area contributed by atoms with Gasteiger partial charge in [-0.1, -0.05) is 25.2 Å². The highest BCUT2D eigenvalue weighted by Gasteiger charge is 2.02. The Morgan fingerprint density at radius 1 is 1.42 bits per heavy atom. The third-order valence-corrected chi connectivity index (χ3v) is 1.61. The predicted molar refractivity (Wildman–Crippen MR) is 50.1 cm³/mol. The number of rotatable bonds is 5. The summed E-state index contributed by atoms with van der Waals surface area (Å²) < 4.78 is 0. The van der Waals surface area contributed by atoms with Crippen LogP contribution in [-0.4, -0.2) is 11.1 Å². The van der Waals surface area contributed by atoms with Crippen LogP contribution in [0, 0.1) is 0 Å². The highest BCUT2D eigenvalue weighted by atomic mass is 16.4. The fraction of sp³-hybridized carbons (Fsp3) is 0.500. The van der Waals surface area contributed by atoms with E-state index in [1.807, 2.05) is 6.08 Å². The van der Waals surface area contributed by atoms with E-state index in [-0.39, 0.29) is 0 Å². The summed E-state index contributed by atoms with van der Waals surface area (Å²) in [6, 6.07) is 0. The largest absolute Gasteiger partial charge is 0.478 e. The topological polar surface area (TPSA) is 37.3 Å². The van der Waals surface area contributed by atoms with E-state index in [9.17, 15) is 4.79 Å². The smallest absolute Gasteiger partial charge is 0.331 e. The molecule has 0 bridgehead atoms. The molecule has 1 N–H and O–H groups in total. The molecule has 0 amide bonds. The van der Waals surface area contributed by atoms with Gasteiger partial charge in [-0.25, -0.2) is 4.79 Å². The number of carboxylic acid groups (broad SMARTS) is 1. The highest BCUT2D eigenvalue weighted by Crippen LogP contribution is 2.05. The van der Waals surface area contributed by atoms with Crippen molar-refractivity contribution in [1.29, 1.82) is 0 Å². The van der Waals surface area contributed by atoms with Gasteiger partial charge in [0.15, 0.2) is 0 Å². The van der Waals surface area contributed by atoms with Gasteiger partial charge >= 0.3 is 5.97 Å². The van der Waals surface area contributed by atoms with Crippen molar-refractivity contribution in [3.8, 4) is 0 Å². The van der Waals surface area contributed by atoms with Crippen LogP contribution in [0.15, 0.2) is 23.8 Å². The zero-order valence-corrected chi connectivity index (χ0v) is 7.71. The molecule has 0 saturated carbocycles. The molecule has 0 fully saturated rings. The molecule has 68 valence electrons. The lowest BCUT2D eigenvalue weighted by atomic mass is 10.1. The number of hydrogen-bond donors (Lipinski definition) is 1. The molecule has 0 aliphatic carbocycles. The van der Waals surface area contributed by atoms with Gasteiger partial charge in [-0.3, -0.25) is 0 Å². The summed E-state index contributed by atoms with van der Waals surface area (Å²) in [6.45, 7) is 3.82. The van der Waals surface area contributed by atoms with Crippen LogP contribution in [-0.2, 0) is 4.79 Å². The van der Waals surface area contributed by atoms with Crippen molar-refractivity contribution in [3.63, 3.8) is 0 Å². The average Bonchev–Trinajstić information content (AvgIpc) is 2.04. The lowest BCUT2D eigenvalue weighted by Gasteiger charge is -1.96. The van der Waals surface area contributed by atoms with Crippen molar-refractivity contribution < 1.29 is 9.90 Å². The molecule has 12 heavy (non-hydrogen) atoms. The van der Waals surface area contributed by atoms with Crippen molar-refractivity contribution >= 4 is 5.97 Å². The Hall–Kier alpha value is -1.05. The molecule has 0 saturated heterocycles. The van der Waals surface area contributed by atoms with E-state index in [1.54, 1.807) is 13.0 Å². The molecule has 0 aromatic rings. The van der Waals surface area contributed by atoms with E-state index >= 15 is 0 Å². The molecule has 0 aromatic heterocycles. The highest BCUT2D eigenvalue weighted by molar-refractivity contribution is 5.86. The normalized spacial score (nSPS) is 12.3. The summed E-state index contributed by atoms with van der Waals surface area (Å²) >= 11 is 0. The minimum absolute atomic E-state index is 0.496. The molecule has 0 aromatic carbocycles. The second-order valence-electron chi connectivity index (χ2n) is 2.54. The van der Waals surface area contributed by atoms with E-state index in [0.29, 0.717) is 12.0 Å². The molecule has 0 atom stereocenters. The van der Waals surface area contributed by atoms with Crippen LogP contribution in [0.25, 0.3) is 0 Å². The van der Waals surface area contributed by atoms with Crippen LogP contribution in [0.5, 0.6) is 0 Å². The van der Waals surface area contributed by atoms with Gasteiger partial charge in [-0.05, 0) is 26.2 Å². The Balaban J connectivity index is 3.75. The van der Waals surface area contributed by atoms with E-state index in [0.717, 1.165) is 12.8 Å². The first-order valence-electron chi connectivity index (χ1n) is 4.25. The van der Waals surface area contributed by atoms with Crippen molar-refractivity contribution in [1.82, 2.24) is 0 Å².